The molecule has 0 saturated heterocycles. The number of benzene rings is 1. The van der Waals surface area contributed by atoms with Crippen molar-refractivity contribution in [3.63, 3.8) is 0 Å². The Hall–Kier alpha value is -0.680. The van der Waals surface area contributed by atoms with Gasteiger partial charge in [-0.3, -0.25) is 0 Å². The van der Waals surface area contributed by atoms with Crippen LogP contribution in [0.25, 0.3) is 0 Å². The zero-order valence-corrected chi connectivity index (χ0v) is 9.86. The molecule has 14 heavy (non-hydrogen) atoms. The van der Waals surface area contributed by atoms with E-state index in [4.69, 9.17) is 22.7 Å². The number of ether oxygens (including phenoxy) is 1. The number of hydrogen-bond acceptors (Lipinski definition) is 2. The second-order valence-electron chi connectivity index (χ2n) is 2.74. The number of nitrogens with two attached hydrogens (primary N) is 1. The van der Waals surface area contributed by atoms with E-state index in [1.54, 1.807) is 6.92 Å². The lowest BCUT2D eigenvalue weighted by Gasteiger charge is -2.14. The van der Waals surface area contributed by atoms with Gasteiger partial charge in [0.2, 0.25) is 0 Å². The molecule has 1 aromatic carbocycles. The van der Waals surface area contributed by atoms with Crippen LogP contribution in [0.5, 0.6) is 5.75 Å². The summed E-state index contributed by atoms with van der Waals surface area (Å²) in [6, 6.07) is 4.15. The van der Waals surface area contributed by atoms with E-state index in [1.807, 2.05) is 0 Å². The van der Waals surface area contributed by atoms with Crippen molar-refractivity contribution in [1.29, 1.82) is 0 Å². The van der Waals surface area contributed by atoms with Crippen LogP contribution in [0, 0.1) is 5.82 Å². The predicted molar refractivity (Wildman–Crippen MR) is 61.0 cm³/mol. The van der Waals surface area contributed by atoms with E-state index in [0.717, 1.165) is 0 Å². The first-order chi connectivity index (χ1) is 6.50. The van der Waals surface area contributed by atoms with Gasteiger partial charge < -0.3 is 10.5 Å². The number of rotatable bonds is 3. The normalized spacial score (nSPS) is 12.2. The van der Waals surface area contributed by atoms with Crippen molar-refractivity contribution >= 4 is 33.1 Å². The summed E-state index contributed by atoms with van der Waals surface area (Å²) in [5.74, 6) is 0.193. The minimum Gasteiger partial charge on any atom is -0.482 e. The maximum absolute atomic E-state index is 12.7. The summed E-state index contributed by atoms with van der Waals surface area (Å²) in [4.78, 5) is 0.265. The van der Waals surface area contributed by atoms with Gasteiger partial charge in [0.15, 0.2) is 0 Å². The van der Waals surface area contributed by atoms with Crippen molar-refractivity contribution in [2.75, 3.05) is 0 Å². The molecule has 0 radical (unpaired) electrons. The van der Waals surface area contributed by atoms with Crippen molar-refractivity contribution in [3.8, 4) is 5.75 Å². The maximum Gasteiger partial charge on any atom is 0.145 e. The lowest BCUT2D eigenvalue weighted by Crippen LogP contribution is -2.29. The van der Waals surface area contributed by atoms with Crippen LogP contribution in [-0.4, -0.2) is 11.1 Å². The van der Waals surface area contributed by atoms with Gasteiger partial charge in [0.1, 0.15) is 22.7 Å². The lowest BCUT2D eigenvalue weighted by molar-refractivity contribution is 0.286. The minimum atomic E-state index is -0.369. The maximum atomic E-state index is 12.7. The minimum absolute atomic E-state index is 0.265. The number of halogens is 2. The molecule has 1 unspecified atom stereocenters. The fourth-order valence-corrected chi connectivity index (χ4v) is 1.31. The Kier molecular flexibility index (Phi) is 3.83. The Morgan fingerprint density at radius 2 is 2.29 bits per heavy atom. The van der Waals surface area contributed by atoms with Gasteiger partial charge in [-0.1, -0.05) is 12.2 Å². The molecule has 0 amide bonds. The Labute approximate surface area is 95.4 Å². The third kappa shape index (κ3) is 2.92. The van der Waals surface area contributed by atoms with Crippen LogP contribution >= 0.6 is 28.1 Å². The molecule has 0 aliphatic heterocycles. The van der Waals surface area contributed by atoms with Gasteiger partial charge in [-0.2, -0.15) is 0 Å². The highest BCUT2D eigenvalue weighted by Crippen LogP contribution is 2.26. The molecule has 76 valence electrons. The van der Waals surface area contributed by atoms with E-state index in [9.17, 15) is 4.39 Å². The topological polar surface area (TPSA) is 35.2 Å². The van der Waals surface area contributed by atoms with Gasteiger partial charge in [0.05, 0.1) is 4.47 Å². The van der Waals surface area contributed by atoms with E-state index >= 15 is 0 Å². The second-order valence-corrected chi connectivity index (χ2v) is 4.06. The molecule has 2 nitrogen and oxygen atoms in total. The van der Waals surface area contributed by atoms with Gasteiger partial charge in [0.25, 0.3) is 0 Å². The third-order valence-electron chi connectivity index (χ3n) is 1.60. The zero-order chi connectivity index (χ0) is 10.7. The molecule has 1 aromatic rings. The molecule has 0 aromatic heterocycles. The van der Waals surface area contributed by atoms with E-state index in [1.165, 1.54) is 18.2 Å². The second kappa shape index (κ2) is 4.70. The first-order valence-corrected chi connectivity index (χ1v) is 5.12. The summed E-state index contributed by atoms with van der Waals surface area (Å²) >= 11 is 7.93. The van der Waals surface area contributed by atoms with Gasteiger partial charge >= 0.3 is 0 Å². The summed E-state index contributed by atoms with van der Waals surface area (Å²) in [6.07, 6.45) is -0.369. The van der Waals surface area contributed by atoms with Crippen molar-refractivity contribution in [1.82, 2.24) is 0 Å². The molecule has 0 spiro atoms. The summed E-state index contributed by atoms with van der Waals surface area (Å²) in [7, 11) is 0. The number of thiocarbonyl (C=S) groups is 1. The third-order valence-corrected chi connectivity index (χ3v) is 2.55. The fourth-order valence-electron chi connectivity index (χ4n) is 0.819. The fraction of sp³-hybridized carbons (Fsp3) is 0.222. The molecule has 0 aliphatic rings. The van der Waals surface area contributed by atoms with E-state index < -0.39 is 0 Å². The van der Waals surface area contributed by atoms with E-state index in [2.05, 4.69) is 15.9 Å². The quantitative estimate of drug-likeness (QED) is 0.863. The van der Waals surface area contributed by atoms with Crippen LogP contribution in [0.3, 0.4) is 0 Å². The van der Waals surface area contributed by atoms with Crippen LogP contribution in [0.2, 0.25) is 0 Å². The molecule has 5 heteroatoms. The first kappa shape index (κ1) is 11.4. The van der Waals surface area contributed by atoms with Crippen LogP contribution in [0.15, 0.2) is 22.7 Å². The molecule has 0 saturated carbocycles. The lowest BCUT2D eigenvalue weighted by atomic mass is 10.3. The molecule has 0 fully saturated rings. The SMILES string of the molecule is CC(Oc1ccc(F)cc1Br)C(N)=S. The van der Waals surface area contributed by atoms with Gasteiger partial charge in [-0.15, -0.1) is 0 Å². The monoisotopic (exact) mass is 277 g/mol. The predicted octanol–water partition coefficient (Wildman–Crippen LogP) is 2.64. The van der Waals surface area contributed by atoms with Gasteiger partial charge in [-0.25, -0.2) is 4.39 Å². The molecule has 1 atom stereocenters. The Morgan fingerprint density at radius 1 is 1.64 bits per heavy atom. The van der Waals surface area contributed by atoms with Gasteiger partial charge in [0, 0.05) is 0 Å². The Bertz CT molecular complexity index is 359. The van der Waals surface area contributed by atoms with Crippen LogP contribution in [-0.2, 0) is 0 Å². The average molecular weight is 278 g/mol. The molecule has 0 heterocycles. The van der Waals surface area contributed by atoms with Gasteiger partial charge in [-0.05, 0) is 41.1 Å². The largest absolute Gasteiger partial charge is 0.482 e. The highest BCUT2D eigenvalue weighted by atomic mass is 79.9. The molecule has 2 N–H and O–H groups in total. The first-order valence-electron chi connectivity index (χ1n) is 3.91. The number of hydrogen-bond donors (Lipinski definition) is 1. The van der Waals surface area contributed by atoms with Crippen molar-refractivity contribution < 1.29 is 9.13 Å². The highest BCUT2D eigenvalue weighted by Gasteiger charge is 2.09. The summed E-state index contributed by atoms with van der Waals surface area (Å²) in [5.41, 5.74) is 5.38. The van der Waals surface area contributed by atoms with Crippen molar-refractivity contribution in [2.45, 2.75) is 13.0 Å². The zero-order valence-electron chi connectivity index (χ0n) is 7.46. The molecule has 0 aliphatic carbocycles. The van der Waals surface area contributed by atoms with Crippen LogP contribution in [0.1, 0.15) is 6.92 Å². The van der Waals surface area contributed by atoms with Crippen molar-refractivity contribution in [3.05, 3.63) is 28.5 Å². The molecular formula is C9H9BrFNOS. The molecule has 1 rings (SSSR count). The Morgan fingerprint density at radius 3 is 2.79 bits per heavy atom. The summed E-state index contributed by atoms with van der Waals surface area (Å²) in [6.45, 7) is 1.73. The van der Waals surface area contributed by atoms with Crippen molar-refractivity contribution in [2.24, 2.45) is 5.73 Å². The summed E-state index contributed by atoms with van der Waals surface area (Å²) in [5, 5.41) is 0. The highest BCUT2D eigenvalue weighted by molar-refractivity contribution is 9.10. The Balaban J connectivity index is 2.82. The van der Waals surface area contributed by atoms with Crippen LogP contribution in [0.4, 0.5) is 4.39 Å². The summed E-state index contributed by atoms with van der Waals surface area (Å²) < 4.78 is 18.6. The average Bonchev–Trinajstić information content (AvgIpc) is 2.09. The standard InChI is InChI=1S/C9H9BrFNOS/c1-5(9(12)14)13-8-3-2-6(11)4-7(8)10/h2-5H,1H3,(H2,12,14). The smallest absolute Gasteiger partial charge is 0.145 e. The molecular weight excluding hydrogens is 269 g/mol. The van der Waals surface area contributed by atoms with Crippen LogP contribution < -0.4 is 10.5 Å². The molecule has 0 bridgehead atoms. The van der Waals surface area contributed by atoms with E-state index in [0.29, 0.717) is 10.2 Å². The van der Waals surface area contributed by atoms with E-state index in [-0.39, 0.29) is 16.9 Å².